The molecular formula is C16H26N2O. The normalized spacial score (nSPS) is 20.2. The summed E-state index contributed by atoms with van der Waals surface area (Å²) < 4.78 is 5.53. The Morgan fingerprint density at radius 2 is 2.05 bits per heavy atom. The third-order valence-corrected chi connectivity index (χ3v) is 3.74. The van der Waals surface area contributed by atoms with Gasteiger partial charge in [-0.05, 0) is 50.4 Å². The summed E-state index contributed by atoms with van der Waals surface area (Å²) in [5, 5.41) is 7.15. The quantitative estimate of drug-likeness (QED) is 0.826. The van der Waals surface area contributed by atoms with E-state index in [0.717, 1.165) is 26.3 Å². The maximum absolute atomic E-state index is 5.53. The highest BCUT2D eigenvalue weighted by atomic mass is 16.5. The summed E-state index contributed by atoms with van der Waals surface area (Å²) in [5.74, 6) is 0. The molecule has 0 bridgehead atoms. The predicted molar refractivity (Wildman–Crippen MR) is 79.1 cm³/mol. The maximum atomic E-state index is 5.53. The van der Waals surface area contributed by atoms with Crippen molar-refractivity contribution in [2.24, 2.45) is 0 Å². The van der Waals surface area contributed by atoms with E-state index in [9.17, 15) is 0 Å². The monoisotopic (exact) mass is 262 g/mol. The third kappa shape index (κ3) is 4.94. The molecule has 1 aromatic carbocycles. The molecule has 1 atom stereocenters. The van der Waals surface area contributed by atoms with E-state index in [1.54, 1.807) is 0 Å². The van der Waals surface area contributed by atoms with Crippen LogP contribution in [0, 0.1) is 0 Å². The second-order valence-corrected chi connectivity index (χ2v) is 5.16. The van der Waals surface area contributed by atoms with Crippen LogP contribution in [0.4, 0.5) is 0 Å². The Labute approximate surface area is 116 Å². The lowest BCUT2D eigenvalue weighted by molar-refractivity contribution is 0.133. The topological polar surface area (TPSA) is 33.3 Å². The van der Waals surface area contributed by atoms with Crippen molar-refractivity contribution in [2.75, 3.05) is 19.7 Å². The molecule has 1 aliphatic rings. The molecule has 3 nitrogen and oxygen atoms in total. The molecule has 0 aromatic heterocycles. The van der Waals surface area contributed by atoms with E-state index in [0.29, 0.717) is 6.04 Å². The fourth-order valence-corrected chi connectivity index (χ4v) is 2.56. The van der Waals surface area contributed by atoms with Crippen LogP contribution in [0.5, 0.6) is 0 Å². The highest BCUT2D eigenvalue weighted by molar-refractivity contribution is 5.26. The molecule has 0 radical (unpaired) electrons. The van der Waals surface area contributed by atoms with Gasteiger partial charge in [-0.25, -0.2) is 0 Å². The van der Waals surface area contributed by atoms with Gasteiger partial charge in [-0.15, -0.1) is 0 Å². The van der Waals surface area contributed by atoms with Gasteiger partial charge in [-0.1, -0.05) is 24.3 Å². The number of nitrogens with one attached hydrogen (secondary N) is 2. The van der Waals surface area contributed by atoms with Crippen LogP contribution in [0.3, 0.4) is 0 Å². The minimum atomic E-state index is 0.648. The number of rotatable bonds is 6. The second-order valence-electron chi connectivity index (χ2n) is 5.16. The van der Waals surface area contributed by atoms with Crippen LogP contribution in [-0.2, 0) is 17.9 Å². The standard InChI is InChI=1S/C16H26N2O/c1-2-19-13-15-7-4-3-6-14(15)12-18-16-8-5-10-17-11-9-16/h3-4,6-7,16-18H,2,5,8-13H2,1H3. The van der Waals surface area contributed by atoms with Crippen LogP contribution in [0.1, 0.15) is 37.3 Å². The fraction of sp³-hybridized carbons (Fsp3) is 0.625. The SMILES string of the molecule is CCOCc1ccccc1CNC1CCCNCC1. The van der Waals surface area contributed by atoms with Gasteiger partial charge in [0.25, 0.3) is 0 Å². The van der Waals surface area contributed by atoms with Gasteiger partial charge < -0.3 is 15.4 Å². The molecule has 1 fully saturated rings. The highest BCUT2D eigenvalue weighted by Gasteiger charge is 2.11. The maximum Gasteiger partial charge on any atom is 0.0719 e. The van der Waals surface area contributed by atoms with Gasteiger partial charge in [-0.2, -0.15) is 0 Å². The van der Waals surface area contributed by atoms with Gasteiger partial charge >= 0.3 is 0 Å². The van der Waals surface area contributed by atoms with Gasteiger partial charge in [0, 0.05) is 19.2 Å². The van der Waals surface area contributed by atoms with Gasteiger partial charge in [-0.3, -0.25) is 0 Å². The minimum Gasteiger partial charge on any atom is -0.377 e. The van der Waals surface area contributed by atoms with E-state index in [4.69, 9.17) is 4.74 Å². The van der Waals surface area contributed by atoms with Crippen LogP contribution >= 0.6 is 0 Å². The Morgan fingerprint density at radius 3 is 2.89 bits per heavy atom. The molecule has 19 heavy (non-hydrogen) atoms. The molecule has 2 rings (SSSR count). The summed E-state index contributed by atoms with van der Waals surface area (Å²) in [4.78, 5) is 0. The minimum absolute atomic E-state index is 0.648. The Balaban J connectivity index is 1.87. The molecule has 1 heterocycles. The lowest BCUT2D eigenvalue weighted by Crippen LogP contribution is -2.29. The zero-order chi connectivity index (χ0) is 13.3. The summed E-state index contributed by atoms with van der Waals surface area (Å²) in [6.07, 6.45) is 3.78. The first-order chi connectivity index (χ1) is 9.40. The first-order valence-electron chi connectivity index (χ1n) is 7.48. The average Bonchev–Trinajstić information content (AvgIpc) is 2.72. The average molecular weight is 262 g/mol. The fourth-order valence-electron chi connectivity index (χ4n) is 2.56. The number of hydrogen-bond donors (Lipinski definition) is 2. The molecule has 3 heteroatoms. The van der Waals surface area contributed by atoms with Gasteiger partial charge in [0.15, 0.2) is 0 Å². The summed E-state index contributed by atoms with van der Waals surface area (Å²) in [6.45, 7) is 6.79. The molecule has 0 saturated carbocycles. The third-order valence-electron chi connectivity index (χ3n) is 3.74. The smallest absolute Gasteiger partial charge is 0.0719 e. The van der Waals surface area contributed by atoms with Crippen molar-refractivity contribution in [1.29, 1.82) is 0 Å². The van der Waals surface area contributed by atoms with Gasteiger partial charge in [0.2, 0.25) is 0 Å². The zero-order valence-electron chi connectivity index (χ0n) is 12.0. The van der Waals surface area contributed by atoms with Crippen LogP contribution in [0.2, 0.25) is 0 Å². The molecule has 106 valence electrons. The first kappa shape index (κ1) is 14.5. The number of hydrogen-bond acceptors (Lipinski definition) is 3. The first-order valence-corrected chi connectivity index (χ1v) is 7.48. The van der Waals surface area contributed by atoms with E-state index in [-0.39, 0.29) is 0 Å². The lowest BCUT2D eigenvalue weighted by Gasteiger charge is -2.17. The van der Waals surface area contributed by atoms with E-state index >= 15 is 0 Å². The number of ether oxygens (including phenoxy) is 1. The molecule has 1 aliphatic heterocycles. The second kappa shape index (κ2) is 8.31. The van der Waals surface area contributed by atoms with Crippen LogP contribution in [0.15, 0.2) is 24.3 Å². The summed E-state index contributed by atoms with van der Waals surface area (Å²) in [6, 6.07) is 9.22. The Hall–Kier alpha value is -0.900. The van der Waals surface area contributed by atoms with Gasteiger partial charge in [0.05, 0.1) is 6.61 Å². The van der Waals surface area contributed by atoms with Crippen LogP contribution < -0.4 is 10.6 Å². The zero-order valence-corrected chi connectivity index (χ0v) is 12.0. The van der Waals surface area contributed by atoms with Crippen LogP contribution in [0.25, 0.3) is 0 Å². The molecule has 1 aromatic rings. The van der Waals surface area contributed by atoms with E-state index in [1.165, 1.54) is 36.9 Å². The van der Waals surface area contributed by atoms with E-state index < -0.39 is 0 Å². The van der Waals surface area contributed by atoms with Crippen molar-refractivity contribution < 1.29 is 4.74 Å². The molecule has 1 unspecified atom stereocenters. The summed E-state index contributed by atoms with van der Waals surface area (Å²) in [5.41, 5.74) is 2.68. The Kier molecular flexibility index (Phi) is 6.34. The summed E-state index contributed by atoms with van der Waals surface area (Å²) >= 11 is 0. The molecule has 0 amide bonds. The largest absolute Gasteiger partial charge is 0.377 e. The molecule has 1 saturated heterocycles. The van der Waals surface area contributed by atoms with Crippen molar-refractivity contribution in [1.82, 2.24) is 10.6 Å². The molecule has 0 spiro atoms. The van der Waals surface area contributed by atoms with Crippen molar-refractivity contribution in [3.05, 3.63) is 35.4 Å². The van der Waals surface area contributed by atoms with Crippen molar-refractivity contribution >= 4 is 0 Å². The van der Waals surface area contributed by atoms with Crippen LogP contribution in [-0.4, -0.2) is 25.7 Å². The van der Waals surface area contributed by atoms with E-state index in [1.807, 2.05) is 6.92 Å². The van der Waals surface area contributed by atoms with E-state index in [2.05, 4.69) is 34.9 Å². The number of benzene rings is 1. The lowest BCUT2D eigenvalue weighted by atomic mass is 10.1. The van der Waals surface area contributed by atoms with Crippen molar-refractivity contribution in [2.45, 2.75) is 45.4 Å². The molecule has 2 N–H and O–H groups in total. The molecule has 0 aliphatic carbocycles. The molecular weight excluding hydrogens is 236 g/mol. The van der Waals surface area contributed by atoms with Crippen molar-refractivity contribution in [3.63, 3.8) is 0 Å². The predicted octanol–water partition coefficient (Wildman–Crippen LogP) is 2.45. The Bertz CT molecular complexity index is 360. The van der Waals surface area contributed by atoms with Crippen molar-refractivity contribution in [3.8, 4) is 0 Å². The Morgan fingerprint density at radius 1 is 1.21 bits per heavy atom. The summed E-state index contributed by atoms with van der Waals surface area (Å²) in [7, 11) is 0. The highest BCUT2D eigenvalue weighted by Crippen LogP contribution is 2.12. The van der Waals surface area contributed by atoms with Gasteiger partial charge in [0.1, 0.15) is 0 Å².